The van der Waals surface area contributed by atoms with Crippen LogP contribution in [0.1, 0.15) is 17.0 Å². The van der Waals surface area contributed by atoms with Crippen LogP contribution >= 0.6 is 0 Å². The van der Waals surface area contributed by atoms with Gasteiger partial charge in [-0.3, -0.25) is 9.38 Å². The minimum absolute atomic E-state index is 0.204. The minimum atomic E-state index is 0.204. The molecule has 0 fully saturated rings. The molecule has 34 heavy (non-hydrogen) atoms. The van der Waals surface area contributed by atoms with Crippen molar-refractivity contribution in [3.63, 3.8) is 0 Å². The second-order valence-electron chi connectivity index (χ2n) is 8.35. The first kappa shape index (κ1) is 20.1. The van der Waals surface area contributed by atoms with Crippen LogP contribution < -0.4 is 5.32 Å². The first-order valence-electron chi connectivity index (χ1n) is 11.4. The predicted octanol–water partition coefficient (Wildman–Crippen LogP) is 6.19. The molecule has 1 atom stereocenters. The Bertz CT molecular complexity index is 1520. The van der Waals surface area contributed by atoms with Crippen LogP contribution in [0.3, 0.4) is 0 Å². The van der Waals surface area contributed by atoms with Gasteiger partial charge in [-0.05, 0) is 46.3 Å². The topological polar surface area (TPSA) is 55.1 Å². The van der Waals surface area contributed by atoms with E-state index in [1.54, 1.807) is 6.20 Å². The third-order valence-corrected chi connectivity index (χ3v) is 6.25. The van der Waals surface area contributed by atoms with Crippen LogP contribution in [-0.4, -0.2) is 25.9 Å². The maximum atomic E-state index is 4.51. The van der Waals surface area contributed by atoms with Crippen LogP contribution in [0.5, 0.6) is 0 Å². The molecule has 3 aromatic carbocycles. The van der Waals surface area contributed by atoms with E-state index < -0.39 is 0 Å². The first-order valence-corrected chi connectivity index (χ1v) is 11.4. The number of nitrogens with one attached hydrogen (secondary N) is 1. The molecule has 164 valence electrons. The lowest BCUT2D eigenvalue weighted by molar-refractivity contribution is 0.851. The molecule has 1 N–H and O–H groups in total. The summed E-state index contributed by atoms with van der Waals surface area (Å²) < 4.78 is 1.95. The van der Waals surface area contributed by atoms with Gasteiger partial charge in [0.25, 0.3) is 0 Å². The smallest absolute Gasteiger partial charge is 0.233 e. The number of pyridine rings is 1. The van der Waals surface area contributed by atoms with Gasteiger partial charge in [0.15, 0.2) is 0 Å². The van der Waals surface area contributed by atoms with E-state index in [0.29, 0.717) is 5.78 Å². The zero-order chi connectivity index (χ0) is 22.7. The Balaban J connectivity index is 1.40. The molecule has 1 unspecified atom stereocenters. The molecule has 5 heteroatoms. The number of rotatable bonds is 6. The Morgan fingerprint density at radius 1 is 0.765 bits per heavy atom. The number of aromatic nitrogens is 4. The molecule has 0 saturated carbocycles. The third-order valence-electron chi connectivity index (χ3n) is 6.25. The van der Waals surface area contributed by atoms with E-state index in [9.17, 15) is 0 Å². The molecule has 0 aliphatic rings. The number of imidazole rings is 1. The second kappa shape index (κ2) is 8.79. The van der Waals surface area contributed by atoms with Gasteiger partial charge in [-0.15, -0.1) is 0 Å². The Morgan fingerprint density at radius 2 is 1.56 bits per heavy atom. The van der Waals surface area contributed by atoms with Crippen LogP contribution in [0.25, 0.3) is 27.7 Å². The molecule has 0 saturated heterocycles. The predicted molar refractivity (Wildman–Crippen MR) is 137 cm³/mol. The Morgan fingerprint density at radius 3 is 2.44 bits per heavy atom. The van der Waals surface area contributed by atoms with Gasteiger partial charge in [-0.1, -0.05) is 54.6 Å². The number of nitrogens with zero attached hydrogens (tertiary/aromatic N) is 4. The number of anilines is 1. The van der Waals surface area contributed by atoms with E-state index in [2.05, 4.69) is 105 Å². The highest BCUT2D eigenvalue weighted by molar-refractivity contribution is 5.97. The summed E-state index contributed by atoms with van der Waals surface area (Å²) in [6.45, 7) is 0.764. The molecule has 0 radical (unpaired) electrons. The molecule has 0 amide bonds. The van der Waals surface area contributed by atoms with Crippen LogP contribution in [0, 0.1) is 0 Å². The van der Waals surface area contributed by atoms with Crippen molar-refractivity contribution in [2.75, 3.05) is 11.9 Å². The summed E-state index contributed by atoms with van der Waals surface area (Å²) in [6.07, 6.45) is 11.4. The zero-order valence-corrected chi connectivity index (χ0v) is 18.5. The van der Waals surface area contributed by atoms with Gasteiger partial charge in [-0.25, -0.2) is 9.97 Å². The molecular formula is C29H23N5. The van der Waals surface area contributed by atoms with E-state index in [1.807, 2.05) is 29.2 Å². The summed E-state index contributed by atoms with van der Waals surface area (Å²) in [6, 6.07) is 27.8. The van der Waals surface area contributed by atoms with E-state index in [4.69, 9.17) is 0 Å². The summed E-state index contributed by atoms with van der Waals surface area (Å²) in [7, 11) is 0. The van der Waals surface area contributed by atoms with Crippen LogP contribution in [0.4, 0.5) is 5.69 Å². The fourth-order valence-corrected chi connectivity index (χ4v) is 4.51. The Hall–Kier alpha value is -4.51. The van der Waals surface area contributed by atoms with Crippen molar-refractivity contribution in [2.24, 2.45) is 0 Å². The van der Waals surface area contributed by atoms with Crippen molar-refractivity contribution in [3.8, 4) is 11.1 Å². The number of hydrogen-bond acceptors (Lipinski definition) is 4. The lowest BCUT2D eigenvalue weighted by atomic mass is 9.91. The molecule has 6 rings (SSSR count). The normalized spacial score (nSPS) is 12.1. The van der Waals surface area contributed by atoms with Crippen LogP contribution in [0.15, 0.2) is 116 Å². The molecule has 0 bridgehead atoms. The van der Waals surface area contributed by atoms with Crippen molar-refractivity contribution in [3.05, 3.63) is 127 Å². The van der Waals surface area contributed by atoms with Gasteiger partial charge in [0.1, 0.15) is 0 Å². The highest BCUT2D eigenvalue weighted by atomic mass is 15.1. The fraction of sp³-hybridized carbons (Fsp3) is 0.0690. The van der Waals surface area contributed by atoms with Crippen molar-refractivity contribution in [2.45, 2.75) is 5.92 Å². The van der Waals surface area contributed by atoms with E-state index in [0.717, 1.165) is 23.4 Å². The van der Waals surface area contributed by atoms with Gasteiger partial charge < -0.3 is 5.32 Å². The largest absolute Gasteiger partial charge is 0.384 e. The fourth-order valence-electron chi connectivity index (χ4n) is 4.51. The van der Waals surface area contributed by atoms with Crippen molar-refractivity contribution in [1.29, 1.82) is 0 Å². The standard InChI is InChI=1S/C29H23N5/c1-2-6-21(7-3-1)27(22-10-12-30-13-11-22)19-32-28-17-24(16-23-8-4-5-9-26(23)28)25-18-33-29-31-14-15-34(29)20-25/h1-18,20,27,32H,19H2. The van der Waals surface area contributed by atoms with Crippen molar-refractivity contribution < 1.29 is 0 Å². The second-order valence-corrected chi connectivity index (χ2v) is 8.35. The van der Waals surface area contributed by atoms with Crippen LogP contribution in [0.2, 0.25) is 0 Å². The summed E-state index contributed by atoms with van der Waals surface area (Å²) >= 11 is 0. The SMILES string of the molecule is c1ccc(C(CNc2cc(-c3cnc4nccn4c3)cc3ccccc23)c2ccncc2)cc1. The number of hydrogen-bond donors (Lipinski definition) is 1. The molecular weight excluding hydrogens is 418 g/mol. The molecule has 6 aromatic rings. The molecule has 0 aliphatic heterocycles. The minimum Gasteiger partial charge on any atom is -0.384 e. The maximum Gasteiger partial charge on any atom is 0.233 e. The average Bonchev–Trinajstić information content (AvgIpc) is 3.38. The zero-order valence-electron chi connectivity index (χ0n) is 18.5. The number of benzene rings is 3. The first-order chi connectivity index (χ1) is 16.8. The molecule has 3 heterocycles. The molecule has 5 nitrogen and oxygen atoms in total. The molecule has 0 aliphatic carbocycles. The van der Waals surface area contributed by atoms with Crippen LogP contribution in [-0.2, 0) is 0 Å². The van der Waals surface area contributed by atoms with Crippen molar-refractivity contribution >= 4 is 22.2 Å². The summed E-state index contributed by atoms with van der Waals surface area (Å²) in [5.74, 6) is 0.904. The van der Waals surface area contributed by atoms with Gasteiger partial charge in [-0.2, -0.15) is 0 Å². The summed E-state index contributed by atoms with van der Waals surface area (Å²) in [5.41, 5.74) is 5.78. The highest BCUT2D eigenvalue weighted by Crippen LogP contribution is 2.32. The van der Waals surface area contributed by atoms with Crippen molar-refractivity contribution in [1.82, 2.24) is 19.4 Å². The lowest BCUT2D eigenvalue weighted by Gasteiger charge is -2.21. The van der Waals surface area contributed by atoms with E-state index >= 15 is 0 Å². The van der Waals surface area contributed by atoms with Gasteiger partial charge in [0.2, 0.25) is 5.78 Å². The van der Waals surface area contributed by atoms with Gasteiger partial charge in [0, 0.05) is 66.3 Å². The number of fused-ring (bicyclic) bond motifs is 2. The Kier molecular flexibility index (Phi) is 5.20. The Labute approximate surface area is 197 Å². The monoisotopic (exact) mass is 441 g/mol. The van der Waals surface area contributed by atoms with Gasteiger partial charge in [0.05, 0.1) is 0 Å². The summed E-state index contributed by atoms with van der Waals surface area (Å²) in [5, 5.41) is 6.15. The lowest BCUT2D eigenvalue weighted by Crippen LogP contribution is -2.14. The van der Waals surface area contributed by atoms with Gasteiger partial charge >= 0.3 is 0 Å². The maximum absolute atomic E-state index is 4.51. The highest BCUT2D eigenvalue weighted by Gasteiger charge is 2.15. The third kappa shape index (κ3) is 3.88. The quantitative estimate of drug-likeness (QED) is 0.335. The summed E-state index contributed by atoms with van der Waals surface area (Å²) in [4.78, 5) is 13.0. The average molecular weight is 442 g/mol. The molecule has 0 spiro atoms. The molecule has 3 aromatic heterocycles. The van der Waals surface area contributed by atoms with E-state index in [-0.39, 0.29) is 5.92 Å². The van der Waals surface area contributed by atoms with E-state index in [1.165, 1.54) is 21.9 Å².